The Bertz CT molecular complexity index is 751. The first-order valence-electron chi connectivity index (χ1n) is 11.2. The number of hydrogen-bond donors (Lipinski definition) is 3. The van der Waals surface area contributed by atoms with E-state index in [2.05, 4.69) is 17.6 Å². The third kappa shape index (κ3) is 6.87. The molecule has 0 aromatic heterocycles. The number of carbonyl (C=O) groups is 3. The molecule has 1 aromatic rings. The maximum absolute atomic E-state index is 12.3. The van der Waals surface area contributed by atoms with E-state index in [4.69, 9.17) is 9.84 Å². The van der Waals surface area contributed by atoms with Crippen molar-refractivity contribution in [3.05, 3.63) is 29.8 Å². The zero-order chi connectivity index (χ0) is 22.2. The van der Waals surface area contributed by atoms with Crippen LogP contribution < -0.4 is 15.4 Å². The molecule has 1 heterocycles. The zero-order valence-corrected chi connectivity index (χ0v) is 18.1. The maximum Gasteiger partial charge on any atom is 0.317 e. The van der Waals surface area contributed by atoms with Crippen molar-refractivity contribution < 1.29 is 24.2 Å². The van der Waals surface area contributed by atoms with Crippen LogP contribution in [-0.4, -0.2) is 60.2 Å². The topological polar surface area (TPSA) is 108 Å². The van der Waals surface area contributed by atoms with Crippen LogP contribution in [0.2, 0.25) is 0 Å². The second-order valence-corrected chi connectivity index (χ2v) is 8.61. The molecule has 2 aliphatic rings. The first-order chi connectivity index (χ1) is 14.9. The molecule has 1 aliphatic heterocycles. The van der Waals surface area contributed by atoms with Gasteiger partial charge >= 0.3 is 12.0 Å². The summed E-state index contributed by atoms with van der Waals surface area (Å²) in [6, 6.07) is 6.87. The third-order valence-electron chi connectivity index (χ3n) is 6.20. The SMILES string of the molecule is CC1CCN(C(=O)NCCNC(=O)c2ccc(O[C@H]3CC[C@@H](C(=O)O)CC3)cc2)CC1. The van der Waals surface area contributed by atoms with Crippen LogP contribution in [0, 0.1) is 11.8 Å². The summed E-state index contributed by atoms with van der Waals surface area (Å²) in [6.45, 7) is 4.52. The van der Waals surface area contributed by atoms with E-state index in [1.165, 1.54) is 0 Å². The molecule has 8 nitrogen and oxygen atoms in total. The molecule has 31 heavy (non-hydrogen) atoms. The number of amides is 3. The second-order valence-electron chi connectivity index (χ2n) is 8.61. The monoisotopic (exact) mass is 431 g/mol. The highest BCUT2D eigenvalue weighted by molar-refractivity contribution is 5.94. The summed E-state index contributed by atoms with van der Waals surface area (Å²) in [5.74, 6) is 0.161. The molecule has 0 atom stereocenters. The van der Waals surface area contributed by atoms with Gasteiger partial charge in [0.15, 0.2) is 0 Å². The molecular formula is C23H33N3O5. The van der Waals surface area contributed by atoms with E-state index in [1.54, 1.807) is 24.3 Å². The Hall–Kier alpha value is -2.77. The number of hydrogen-bond acceptors (Lipinski definition) is 4. The van der Waals surface area contributed by atoms with Crippen molar-refractivity contribution in [3.8, 4) is 5.75 Å². The highest BCUT2D eigenvalue weighted by Gasteiger charge is 2.27. The lowest BCUT2D eigenvalue weighted by Crippen LogP contribution is -2.46. The van der Waals surface area contributed by atoms with Crippen LogP contribution in [0.25, 0.3) is 0 Å². The van der Waals surface area contributed by atoms with Gasteiger partial charge in [-0.25, -0.2) is 4.79 Å². The lowest BCUT2D eigenvalue weighted by atomic mass is 9.87. The Balaban J connectivity index is 1.34. The number of nitrogens with one attached hydrogen (secondary N) is 2. The molecule has 2 fully saturated rings. The number of ether oxygens (including phenoxy) is 1. The maximum atomic E-state index is 12.3. The first kappa shape index (κ1) is 22.9. The van der Waals surface area contributed by atoms with E-state index in [0.29, 0.717) is 43.2 Å². The number of piperidine rings is 1. The Morgan fingerprint density at radius 3 is 2.19 bits per heavy atom. The van der Waals surface area contributed by atoms with E-state index in [9.17, 15) is 14.4 Å². The largest absolute Gasteiger partial charge is 0.490 e. The number of aliphatic carboxylic acids is 1. The van der Waals surface area contributed by atoms with Gasteiger partial charge in [-0.2, -0.15) is 0 Å². The van der Waals surface area contributed by atoms with Gasteiger partial charge in [0.05, 0.1) is 12.0 Å². The van der Waals surface area contributed by atoms with E-state index in [-0.39, 0.29) is 24.0 Å². The predicted octanol–water partition coefficient (Wildman–Crippen LogP) is 2.88. The number of nitrogens with zero attached hydrogens (tertiary/aromatic N) is 1. The summed E-state index contributed by atoms with van der Waals surface area (Å²) < 4.78 is 5.93. The van der Waals surface area contributed by atoms with Crippen molar-refractivity contribution in [1.29, 1.82) is 0 Å². The fraction of sp³-hybridized carbons (Fsp3) is 0.609. The first-order valence-corrected chi connectivity index (χ1v) is 11.2. The average molecular weight is 432 g/mol. The molecule has 3 amide bonds. The number of carboxylic acid groups (broad SMARTS) is 1. The van der Waals surface area contributed by atoms with Gasteiger partial charge in [-0.1, -0.05) is 6.92 Å². The van der Waals surface area contributed by atoms with Crippen molar-refractivity contribution >= 4 is 17.9 Å². The van der Waals surface area contributed by atoms with Gasteiger partial charge in [0, 0.05) is 31.7 Å². The van der Waals surface area contributed by atoms with Crippen molar-refractivity contribution in [3.63, 3.8) is 0 Å². The quantitative estimate of drug-likeness (QED) is 0.576. The number of rotatable bonds is 7. The molecular weight excluding hydrogens is 398 g/mol. The Morgan fingerprint density at radius 2 is 1.58 bits per heavy atom. The fourth-order valence-electron chi connectivity index (χ4n) is 4.08. The summed E-state index contributed by atoms with van der Waals surface area (Å²) in [5, 5.41) is 14.7. The van der Waals surface area contributed by atoms with Crippen LogP contribution in [0.3, 0.4) is 0 Å². The molecule has 1 aromatic carbocycles. The average Bonchev–Trinajstić information content (AvgIpc) is 2.78. The van der Waals surface area contributed by atoms with Crippen LogP contribution in [0.5, 0.6) is 5.75 Å². The van der Waals surface area contributed by atoms with Crippen LogP contribution >= 0.6 is 0 Å². The minimum atomic E-state index is -0.727. The Kier molecular flexibility index (Phi) is 8.14. The van der Waals surface area contributed by atoms with Crippen molar-refractivity contribution in [2.75, 3.05) is 26.2 Å². The molecule has 8 heteroatoms. The van der Waals surface area contributed by atoms with Crippen LogP contribution in [0.15, 0.2) is 24.3 Å². The molecule has 0 unspecified atom stereocenters. The molecule has 170 valence electrons. The van der Waals surface area contributed by atoms with E-state index in [1.807, 2.05) is 4.90 Å². The van der Waals surface area contributed by atoms with Gasteiger partial charge in [-0.05, 0) is 68.7 Å². The summed E-state index contributed by atoms with van der Waals surface area (Å²) in [6.07, 6.45) is 4.80. The van der Waals surface area contributed by atoms with Gasteiger partial charge in [0.25, 0.3) is 5.91 Å². The van der Waals surface area contributed by atoms with Crippen LogP contribution in [0.1, 0.15) is 55.8 Å². The number of likely N-dealkylation sites (tertiary alicyclic amines) is 1. The Morgan fingerprint density at radius 1 is 0.968 bits per heavy atom. The van der Waals surface area contributed by atoms with Gasteiger partial charge < -0.3 is 25.4 Å². The highest BCUT2D eigenvalue weighted by Crippen LogP contribution is 2.28. The summed E-state index contributed by atoms with van der Waals surface area (Å²) in [4.78, 5) is 37.3. The standard InChI is InChI=1S/C23H33N3O5/c1-16-10-14-26(15-11-16)23(30)25-13-12-24-21(27)17-2-6-19(7-3-17)31-20-8-4-18(5-9-20)22(28)29/h2-3,6-7,16,18,20H,4-5,8-15H2,1H3,(H,24,27)(H,25,30)(H,28,29)/t18-,20+. The van der Waals surface area contributed by atoms with Crippen LogP contribution in [0.4, 0.5) is 4.79 Å². The smallest absolute Gasteiger partial charge is 0.317 e. The molecule has 3 N–H and O–H groups in total. The predicted molar refractivity (Wildman–Crippen MR) is 116 cm³/mol. The number of carbonyl (C=O) groups excluding carboxylic acids is 2. The van der Waals surface area contributed by atoms with Gasteiger partial charge in [-0.3, -0.25) is 9.59 Å². The van der Waals surface area contributed by atoms with E-state index in [0.717, 1.165) is 38.8 Å². The summed E-state index contributed by atoms with van der Waals surface area (Å²) >= 11 is 0. The minimum absolute atomic E-state index is 0.0157. The van der Waals surface area contributed by atoms with Crippen molar-refractivity contribution in [2.45, 2.75) is 51.6 Å². The van der Waals surface area contributed by atoms with E-state index < -0.39 is 5.97 Å². The summed E-state index contributed by atoms with van der Waals surface area (Å²) in [5.41, 5.74) is 0.526. The van der Waals surface area contributed by atoms with Crippen LogP contribution in [-0.2, 0) is 4.79 Å². The van der Waals surface area contributed by atoms with E-state index >= 15 is 0 Å². The molecule has 1 saturated carbocycles. The van der Waals surface area contributed by atoms with Crippen molar-refractivity contribution in [1.82, 2.24) is 15.5 Å². The molecule has 0 spiro atoms. The lowest BCUT2D eigenvalue weighted by Gasteiger charge is -2.30. The Labute approximate surface area is 183 Å². The number of urea groups is 1. The zero-order valence-electron chi connectivity index (χ0n) is 18.1. The normalized spacial score (nSPS) is 21.9. The molecule has 1 aliphatic carbocycles. The van der Waals surface area contributed by atoms with Gasteiger partial charge in [0.1, 0.15) is 5.75 Å². The second kappa shape index (κ2) is 11.0. The van der Waals surface area contributed by atoms with Gasteiger partial charge in [0.2, 0.25) is 0 Å². The third-order valence-corrected chi connectivity index (χ3v) is 6.20. The molecule has 1 saturated heterocycles. The molecule has 0 bridgehead atoms. The highest BCUT2D eigenvalue weighted by atomic mass is 16.5. The minimum Gasteiger partial charge on any atom is -0.490 e. The number of benzene rings is 1. The fourth-order valence-corrected chi connectivity index (χ4v) is 4.08. The molecule has 0 radical (unpaired) electrons. The summed E-state index contributed by atoms with van der Waals surface area (Å²) in [7, 11) is 0. The van der Waals surface area contributed by atoms with Gasteiger partial charge in [-0.15, -0.1) is 0 Å². The number of carboxylic acids is 1. The molecule has 3 rings (SSSR count). The van der Waals surface area contributed by atoms with Crippen molar-refractivity contribution in [2.24, 2.45) is 11.8 Å². The lowest BCUT2D eigenvalue weighted by molar-refractivity contribution is -0.143.